The number of nitrogens with zero attached hydrogens (tertiary/aromatic N) is 1. The van der Waals surface area contributed by atoms with E-state index in [0.29, 0.717) is 11.8 Å². The van der Waals surface area contributed by atoms with Gasteiger partial charge in [0, 0.05) is 19.1 Å². The van der Waals surface area contributed by atoms with Crippen molar-refractivity contribution in [2.75, 3.05) is 13.1 Å². The highest BCUT2D eigenvalue weighted by Crippen LogP contribution is 2.27. The van der Waals surface area contributed by atoms with Gasteiger partial charge in [0.25, 0.3) is 0 Å². The highest BCUT2D eigenvalue weighted by molar-refractivity contribution is 5.81. The highest BCUT2D eigenvalue weighted by Gasteiger charge is 2.29. The van der Waals surface area contributed by atoms with Gasteiger partial charge in [0.2, 0.25) is 5.91 Å². The quantitative estimate of drug-likeness (QED) is 0.787. The van der Waals surface area contributed by atoms with Crippen LogP contribution < -0.4 is 11.1 Å². The molecule has 1 saturated heterocycles. The van der Waals surface area contributed by atoms with E-state index in [-0.39, 0.29) is 18.0 Å². The Bertz CT molecular complexity index is 556. The van der Waals surface area contributed by atoms with Gasteiger partial charge in [-0.15, -0.1) is 0 Å². The van der Waals surface area contributed by atoms with E-state index in [4.69, 9.17) is 5.73 Å². The molecule has 0 bridgehead atoms. The Morgan fingerprint density at radius 1 is 1.19 bits per heavy atom. The van der Waals surface area contributed by atoms with Gasteiger partial charge in [-0.05, 0) is 43.7 Å². The smallest absolute Gasteiger partial charge is 0.237 e. The van der Waals surface area contributed by atoms with Gasteiger partial charge in [-0.2, -0.15) is 0 Å². The van der Waals surface area contributed by atoms with Crippen LogP contribution in [0.5, 0.6) is 0 Å². The molecule has 3 atom stereocenters. The van der Waals surface area contributed by atoms with E-state index in [2.05, 4.69) is 47.5 Å². The molecule has 26 heavy (non-hydrogen) atoms. The summed E-state index contributed by atoms with van der Waals surface area (Å²) in [6, 6.07) is 10.5. The van der Waals surface area contributed by atoms with Gasteiger partial charge < -0.3 is 11.1 Å². The molecule has 1 aromatic rings. The number of amides is 1. The van der Waals surface area contributed by atoms with Crippen molar-refractivity contribution in [1.29, 1.82) is 0 Å². The SMILES string of the molecule is CC(NC(=O)C(N)CC1CCCCC1)C1CCN(Cc2ccccc2)C1. The van der Waals surface area contributed by atoms with Gasteiger partial charge in [0.1, 0.15) is 0 Å². The summed E-state index contributed by atoms with van der Waals surface area (Å²) in [7, 11) is 0. The van der Waals surface area contributed by atoms with Crippen LogP contribution in [0.25, 0.3) is 0 Å². The predicted octanol–water partition coefficient (Wildman–Crippen LogP) is 3.31. The first-order valence-corrected chi connectivity index (χ1v) is 10.4. The lowest BCUT2D eigenvalue weighted by atomic mass is 9.85. The molecule has 1 aliphatic carbocycles. The molecule has 3 unspecified atom stereocenters. The Kier molecular flexibility index (Phi) is 7.09. The summed E-state index contributed by atoms with van der Waals surface area (Å²) >= 11 is 0. The summed E-state index contributed by atoms with van der Waals surface area (Å²) in [4.78, 5) is 15.0. The van der Waals surface area contributed by atoms with Gasteiger partial charge in [0.05, 0.1) is 6.04 Å². The second kappa shape index (κ2) is 9.52. The molecule has 0 aromatic heterocycles. The predicted molar refractivity (Wildman–Crippen MR) is 107 cm³/mol. The number of hydrogen-bond donors (Lipinski definition) is 2. The van der Waals surface area contributed by atoms with Crippen LogP contribution in [0.3, 0.4) is 0 Å². The van der Waals surface area contributed by atoms with Crippen LogP contribution in [-0.2, 0) is 11.3 Å². The molecule has 4 heteroatoms. The van der Waals surface area contributed by atoms with Crippen molar-refractivity contribution in [3.8, 4) is 0 Å². The minimum Gasteiger partial charge on any atom is -0.352 e. The molecule has 1 saturated carbocycles. The number of rotatable bonds is 7. The summed E-state index contributed by atoms with van der Waals surface area (Å²) in [5, 5.41) is 3.20. The van der Waals surface area contributed by atoms with E-state index in [0.717, 1.165) is 32.5 Å². The maximum atomic E-state index is 12.5. The molecule has 2 fully saturated rings. The number of carbonyl (C=O) groups is 1. The van der Waals surface area contributed by atoms with Crippen LogP contribution in [-0.4, -0.2) is 36.0 Å². The fourth-order valence-corrected chi connectivity index (χ4v) is 4.59. The third kappa shape index (κ3) is 5.55. The monoisotopic (exact) mass is 357 g/mol. The van der Waals surface area contributed by atoms with Crippen LogP contribution in [0.15, 0.2) is 30.3 Å². The first kappa shape index (κ1) is 19.4. The van der Waals surface area contributed by atoms with Gasteiger partial charge in [0.15, 0.2) is 0 Å². The maximum Gasteiger partial charge on any atom is 0.237 e. The van der Waals surface area contributed by atoms with Crippen molar-refractivity contribution in [3.63, 3.8) is 0 Å². The maximum absolute atomic E-state index is 12.5. The molecular formula is C22H35N3O. The zero-order valence-electron chi connectivity index (χ0n) is 16.2. The third-order valence-corrected chi connectivity index (χ3v) is 6.28. The molecule has 0 radical (unpaired) electrons. The number of nitrogens with one attached hydrogen (secondary N) is 1. The van der Waals surface area contributed by atoms with Crippen LogP contribution >= 0.6 is 0 Å². The van der Waals surface area contributed by atoms with Crippen molar-refractivity contribution in [2.24, 2.45) is 17.6 Å². The topological polar surface area (TPSA) is 58.4 Å². The second-order valence-corrected chi connectivity index (χ2v) is 8.41. The van der Waals surface area contributed by atoms with Gasteiger partial charge in [-0.25, -0.2) is 0 Å². The number of nitrogens with two attached hydrogens (primary N) is 1. The Labute approximate surface area is 158 Å². The minimum absolute atomic E-state index is 0.0459. The number of benzene rings is 1. The van der Waals surface area contributed by atoms with Gasteiger partial charge >= 0.3 is 0 Å². The Morgan fingerprint density at radius 2 is 1.92 bits per heavy atom. The average Bonchev–Trinajstić information content (AvgIpc) is 3.12. The largest absolute Gasteiger partial charge is 0.352 e. The fraction of sp³-hybridized carbons (Fsp3) is 0.682. The van der Waals surface area contributed by atoms with Crippen molar-refractivity contribution < 1.29 is 4.79 Å². The number of likely N-dealkylation sites (tertiary alicyclic amines) is 1. The number of hydrogen-bond acceptors (Lipinski definition) is 3. The van der Waals surface area contributed by atoms with E-state index < -0.39 is 0 Å². The molecule has 1 heterocycles. The first-order valence-electron chi connectivity index (χ1n) is 10.4. The third-order valence-electron chi connectivity index (χ3n) is 6.28. The van der Waals surface area contributed by atoms with Crippen molar-refractivity contribution in [3.05, 3.63) is 35.9 Å². The van der Waals surface area contributed by atoms with Crippen LogP contribution in [0, 0.1) is 11.8 Å². The van der Waals surface area contributed by atoms with Crippen LogP contribution in [0.1, 0.15) is 57.4 Å². The first-order chi connectivity index (χ1) is 12.6. The van der Waals surface area contributed by atoms with E-state index >= 15 is 0 Å². The summed E-state index contributed by atoms with van der Waals surface area (Å²) in [5.74, 6) is 1.21. The summed E-state index contributed by atoms with van der Waals surface area (Å²) in [5.41, 5.74) is 7.56. The standard InChI is InChI=1S/C22H35N3O/c1-17(24-22(26)21(23)14-18-8-4-2-5-9-18)20-12-13-25(16-20)15-19-10-6-3-7-11-19/h3,6-7,10-11,17-18,20-21H,2,4-5,8-9,12-16,23H2,1H3,(H,24,26). The molecule has 2 aliphatic rings. The summed E-state index contributed by atoms with van der Waals surface area (Å²) in [6.45, 7) is 5.29. The Balaban J connectivity index is 1.41. The normalized spacial score (nSPS) is 24.3. The van der Waals surface area contributed by atoms with Gasteiger partial charge in [-0.3, -0.25) is 9.69 Å². The van der Waals surface area contributed by atoms with E-state index in [1.165, 1.54) is 37.7 Å². The van der Waals surface area contributed by atoms with Crippen molar-refractivity contribution in [2.45, 2.75) is 70.5 Å². The molecular weight excluding hydrogens is 322 g/mol. The highest BCUT2D eigenvalue weighted by atomic mass is 16.2. The molecule has 3 N–H and O–H groups in total. The van der Waals surface area contributed by atoms with Gasteiger partial charge in [-0.1, -0.05) is 62.4 Å². The van der Waals surface area contributed by atoms with E-state index in [1.54, 1.807) is 0 Å². The van der Waals surface area contributed by atoms with Crippen molar-refractivity contribution >= 4 is 5.91 Å². The lowest BCUT2D eigenvalue weighted by Gasteiger charge is -2.26. The second-order valence-electron chi connectivity index (χ2n) is 8.41. The van der Waals surface area contributed by atoms with E-state index in [9.17, 15) is 4.79 Å². The Morgan fingerprint density at radius 3 is 2.65 bits per heavy atom. The van der Waals surface area contributed by atoms with Crippen molar-refractivity contribution in [1.82, 2.24) is 10.2 Å². The minimum atomic E-state index is -0.345. The number of carbonyl (C=O) groups excluding carboxylic acids is 1. The fourth-order valence-electron chi connectivity index (χ4n) is 4.59. The molecule has 1 aliphatic heterocycles. The molecule has 4 nitrogen and oxygen atoms in total. The molecule has 1 aromatic carbocycles. The molecule has 0 spiro atoms. The lowest BCUT2D eigenvalue weighted by Crippen LogP contribution is -2.48. The average molecular weight is 358 g/mol. The molecule has 1 amide bonds. The zero-order valence-corrected chi connectivity index (χ0v) is 16.2. The zero-order chi connectivity index (χ0) is 18.4. The summed E-state index contributed by atoms with van der Waals surface area (Å²) in [6.07, 6.45) is 8.43. The molecule has 3 rings (SSSR count). The Hall–Kier alpha value is -1.39. The summed E-state index contributed by atoms with van der Waals surface area (Å²) < 4.78 is 0. The lowest BCUT2D eigenvalue weighted by molar-refractivity contribution is -0.123. The molecule has 144 valence electrons. The van der Waals surface area contributed by atoms with Crippen LogP contribution in [0.2, 0.25) is 0 Å². The van der Waals surface area contributed by atoms with Crippen LogP contribution in [0.4, 0.5) is 0 Å². The van der Waals surface area contributed by atoms with E-state index in [1.807, 2.05) is 0 Å².